The molecule has 1 aromatic rings. The van der Waals surface area contributed by atoms with Crippen LogP contribution in [0.2, 0.25) is 0 Å². The van der Waals surface area contributed by atoms with Crippen molar-refractivity contribution in [1.29, 1.82) is 0 Å². The molecule has 0 bridgehead atoms. The van der Waals surface area contributed by atoms with Crippen LogP contribution in [0.25, 0.3) is 0 Å². The molecule has 0 aromatic heterocycles. The molecule has 104 valence electrons. The van der Waals surface area contributed by atoms with Crippen molar-refractivity contribution in [3.8, 4) is 0 Å². The van der Waals surface area contributed by atoms with Gasteiger partial charge in [0.1, 0.15) is 0 Å². The van der Waals surface area contributed by atoms with Crippen LogP contribution in [-0.2, 0) is 11.2 Å². The number of carbonyl (C=O) groups is 1. The zero-order valence-corrected chi connectivity index (χ0v) is 12.0. The third-order valence-corrected chi connectivity index (χ3v) is 4.75. The van der Waals surface area contributed by atoms with Crippen LogP contribution in [0.1, 0.15) is 51.5 Å². The maximum Gasteiger partial charge on any atom is 0.309 e. The van der Waals surface area contributed by atoms with Crippen LogP contribution in [0, 0.1) is 10.8 Å². The Labute approximate surface area is 115 Å². The van der Waals surface area contributed by atoms with Crippen molar-refractivity contribution < 1.29 is 9.90 Å². The second-order valence-corrected chi connectivity index (χ2v) is 6.74. The van der Waals surface area contributed by atoms with Crippen LogP contribution in [0.3, 0.4) is 0 Å². The molecule has 1 aromatic carbocycles. The van der Waals surface area contributed by atoms with Gasteiger partial charge in [-0.25, -0.2) is 0 Å². The summed E-state index contributed by atoms with van der Waals surface area (Å²) in [5.41, 5.74) is 1.06. The Kier molecular flexibility index (Phi) is 3.98. The SMILES string of the molecule is CC1(C)CCC(CCc2ccccc2)(C(=O)O)CC1. The lowest BCUT2D eigenvalue weighted by molar-refractivity contribution is -0.153. The molecule has 0 radical (unpaired) electrons. The van der Waals surface area contributed by atoms with E-state index in [0.29, 0.717) is 5.41 Å². The summed E-state index contributed by atoms with van der Waals surface area (Å²) < 4.78 is 0. The summed E-state index contributed by atoms with van der Waals surface area (Å²) in [6.45, 7) is 4.49. The highest BCUT2D eigenvalue weighted by Gasteiger charge is 2.43. The van der Waals surface area contributed by atoms with Gasteiger partial charge in [0.15, 0.2) is 0 Å². The van der Waals surface area contributed by atoms with Gasteiger partial charge < -0.3 is 5.11 Å². The molecule has 2 nitrogen and oxygen atoms in total. The summed E-state index contributed by atoms with van der Waals surface area (Å²) in [7, 11) is 0. The Hall–Kier alpha value is -1.31. The normalized spacial score (nSPS) is 20.9. The van der Waals surface area contributed by atoms with Crippen molar-refractivity contribution in [3.05, 3.63) is 35.9 Å². The Balaban J connectivity index is 2.03. The van der Waals surface area contributed by atoms with E-state index in [9.17, 15) is 9.90 Å². The summed E-state index contributed by atoms with van der Waals surface area (Å²) in [4.78, 5) is 11.7. The minimum Gasteiger partial charge on any atom is -0.481 e. The van der Waals surface area contributed by atoms with Crippen molar-refractivity contribution >= 4 is 5.97 Å². The Bertz CT molecular complexity index is 424. The fourth-order valence-corrected chi connectivity index (χ4v) is 3.00. The first-order valence-electron chi connectivity index (χ1n) is 7.21. The molecule has 2 heteroatoms. The number of carboxylic acids is 1. The number of rotatable bonds is 4. The van der Waals surface area contributed by atoms with Gasteiger partial charge in [0.05, 0.1) is 5.41 Å². The third kappa shape index (κ3) is 3.37. The van der Waals surface area contributed by atoms with E-state index in [1.807, 2.05) is 18.2 Å². The van der Waals surface area contributed by atoms with E-state index in [2.05, 4.69) is 26.0 Å². The third-order valence-electron chi connectivity index (χ3n) is 4.75. The number of aliphatic carboxylic acids is 1. The second-order valence-electron chi connectivity index (χ2n) is 6.74. The Morgan fingerprint density at radius 3 is 2.21 bits per heavy atom. The van der Waals surface area contributed by atoms with Gasteiger partial charge in [-0.1, -0.05) is 44.2 Å². The molecule has 1 N–H and O–H groups in total. The highest BCUT2D eigenvalue weighted by Crippen LogP contribution is 2.47. The van der Waals surface area contributed by atoms with Gasteiger partial charge in [0, 0.05) is 0 Å². The van der Waals surface area contributed by atoms with E-state index in [-0.39, 0.29) is 0 Å². The number of carboxylic acid groups (broad SMARTS) is 1. The highest BCUT2D eigenvalue weighted by atomic mass is 16.4. The van der Waals surface area contributed by atoms with Crippen molar-refractivity contribution in [2.75, 3.05) is 0 Å². The Morgan fingerprint density at radius 1 is 1.11 bits per heavy atom. The van der Waals surface area contributed by atoms with Crippen LogP contribution < -0.4 is 0 Å². The smallest absolute Gasteiger partial charge is 0.309 e. The molecule has 1 fully saturated rings. The van der Waals surface area contributed by atoms with Gasteiger partial charge in [-0.3, -0.25) is 4.79 Å². The first-order valence-corrected chi connectivity index (χ1v) is 7.21. The molecule has 1 aliphatic rings. The topological polar surface area (TPSA) is 37.3 Å². The quantitative estimate of drug-likeness (QED) is 0.876. The van der Waals surface area contributed by atoms with Crippen molar-refractivity contribution in [2.24, 2.45) is 10.8 Å². The van der Waals surface area contributed by atoms with E-state index in [1.165, 1.54) is 5.56 Å². The molecule has 19 heavy (non-hydrogen) atoms. The molecule has 0 heterocycles. The summed E-state index contributed by atoms with van der Waals surface area (Å²) >= 11 is 0. The highest BCUT2D eigenvalue weighted by molar-refractivity contribution is 5.74. The molecule has 1 aliphatic carbocycles. The number of benzene rings is 1. The van der Waals surface area contributed by atoms with Crippen molar-refractivity contribution in [2.45, 2.75) is 52.4 Å². The fraction of sp³-hybridized carbons (Fsp3) is 0.588. The van der Waals surface area contributed by atoms with Gasteiger partial charge in [-0.2, -0.15) is 0 Å². The maximum atomic E-state index is 11.7. The van der Waals surface area contributed by atoms with Gasteiger partial charge in [-0.05, 0) is 49.5 Å². The van der Waals surface area contributed by atoms with E-state index in [4.69, 9.17) is 0 Å². The number of aryl methyl sites for hydroxylation is 1. The molecule has 2 rings (SSSR count). The zero-order chi connectivity index (χ0) is 13.9. The average Bonchev–Trinajstić information content (AvgIpc) is 2.39. The molecule has 0 spiro atoms. The monoisotopic (exact) mass is 260 g/mol. The number of hydrogen-bond donors (Lipinski definition) is 1. The fourth-order valence-electron chi connectivity index (χ4n) is 3.00. The van der Waals surface area contributed by atoms with Crippen LogP contribution in [0.15, 0.2) is 30.3 Å². The maximum absolute atomic E-state index is 11.7. The summed E-state index contributed by atoms with van der Waals surface area (Å²) in [5, 5.41) is 9.64. The minimum absolute atomic E-state index is 0.311. The largest absolute Gasteiger partial charge is 0.481 e. The summed E-state index contributed by atoms with van der Waals surface area (Å²) in [6, 6.07) is 10.2. The lowest BCUT2D eigenvalue weighted by Gasteiger charge is -2.41. The van der Waals surface area contributed by atoms with Gasteiger partial charge in [0.25, 0.3) is 0 Å². The van der Waals surface area contributed by atoms with E-state index < -0.39 is 11.4 Å². The molecular formula is C17H24O2. The minimum atomic E-state index is -0.598. The van der Waals surface area contributed by atoms with E-state index in [0.717, 1.165) is 38.5 Å². The van der Waals surface area contributed by atoms with E-state index in [1.54, 1.807) is 0 Å². The lowest BCUT2D eigenvalue weighted by atomic mass is 9.63. The van der Waals surface area contributed by atoms with Crippen LogP contribution >= 0.6 is 0 Å². The number of hydrogen-bond acceptors (Lipinski definition) is 1. The van der Waals surface area contributed by atoms with Crippen molar-refractivity contribution in [1.82, 2.24) is 0 Å². The molecule has 1 saturated carbocycles. The predicted molar refractivity (Wildman–Crippen MR) is 77.1 cm³/mol. The van der Waals surface area contributed by atoms with Crippen LogP contribution in [0.5, 0.6) is 0 Å². The molecule has 0 aliphatic heterocycles. The molecule has 0 unspecified atom stereocenters. The standard InChI is InChI=1S/C17H24O2/c1-16(2)10-12-17(13-11-16,15(18)19)9-8-14-6-4-3-5-7-14/h3-7H,8-13H2,1-2H3,(H,18,19). The van der Waals surface area contributed by atoms with Gasteiger partial charge in [0.2, 0.25) is 0 Å². The predicted octanol–water partition coefficient (Wildman–Crippen LogP) is 4.29. The average molecular weight is 260 g/mol. The first kappa shape index (κ1) is 14.1. The van der Waals surface area contributed by atoms with Gasteiger partial charge in [-0.15, -0.1) is 0 Å². The second kappa shape index (κ2) is 5.36. The molecule has 0 saturated heterocycles. The van der Waals surface area contributed by atoms with E-state index >= 15 is 0 Å². The molecule has 0 amide bonds. The summed E-state index contributed by atoms with van der Waals surface area (Å²) in [5.74, 6) is -0.598. The Morgan fingerprint density at radius 2 is 1.68 bits per heavy atom. The lowest BCUT2D eigenvalue weighted by Crippen LogP contribution is -2.38. The molecular weight excluding hydrogens is 236 g/mol. The zero-order valence-electron chi connectivity index (χ0n) is 12.0. The van der Waals surface area contributed by atoms with Gasteiger partial charge >= 0.3 is 5.97 Å². The molecule has 0 atom stereocenters. The van der Waals surface area contributed by atoms with Crippen molar-refractivity contribution in [3.63, 3.8) is 0 Å². The van der Waals surface area contributed by atoms with Crippen LogP contribution in [-0.4, -0.2) is 11.1 Å². The summed E-state index contributed by atoms with van der Waals surface area (Å²) in [6.07, 6.45) is 5.32. The first-order chi connectivity index (χ1) is 8.94. The van der Waals surface area contributed by atoms with Crippen LogP contribution in [0.4, 0.5) is 0 Å².